The largest absolute Gasteiger partial charge is 0.493 e. The Morgan fingerprint density at radius 3 is 2.63 bits per heavy atom. The summed E-state index contributed by atoms with van der Waals surface area (Å²) in [5.74, 6) is 3.13. The molecule has 0 spiro atoms. The molecule has 0 saturated carbocycles. The molecular weight excluding hydrogens is 446 g/mol. The molecule has 6 rings (SSSR count). The number of aromatic nitrogens is 2. The third-order valence-corrected chi connectivity index (χ3v) is 6.92. The van der Waals surface area contributed by atoms with Crippen molar-refractivity contribution in [3.05, 3.63) is 48.0 Å². The van der Waals surface area contributed by atoms with E-state index in [0.717, 1.165) is 74.6 Å². The first kappa shape index (κ1) is 22.1. The van der Waals surface area contributed by atoms with E-state index in [9.17, 15) is 0 Å². The topological polar surface area (TPSA) is 79.6 Å². The van der Waals surface area contributed by atoms with Gasteiger partial charge in [0.1, 0.15) is 6.17 Å². The highest BCUT2D eigenvalue weighted by molar-refractivity contribution is 5.98. The lowest BCUT2D eigenvalue weighted by molar-refractivity contribution is 0.0334. The molecule has 1 atom stereocenters. The molecule has 3 aliphatic rings. The van der Waals surface area contributed by atoms with Crippen molar-refractivity contribution < 1.29 is 14.2 Å². The lowest BCUT2D eigenvalue weighted by Crippen LogP contribution is -2.58. The number of nitrogens with zero attached hydrogens (tertiary/aromatic N) is 6. The number of methoxy groups -OCH3 is 2. The average Bonchev–Trinajstić information content (AvgIpc) is 3.31. The number of hydrogen-bond acceptors (Lipinski definition) is 9. The number of hydrogen-bond donors (Lipinski definition) is 1. The Balaban J connectivity index is 1.33. The number of fused-ring (bicyclic) bond motifs is 5. The fraction of sp³-hybridized carbons (Fsp3) is 0.440. The summed E-state index contributed by atoms with van der Waals surface area (Å²) in [6, 6.07) is 14.3. The first-order valence-corrected chi connectivity index (χ1v) is 12.0. The molecular formula is C25H31N7O3. The van der Waals surface area contributed by atoms with E-state index in [1.165, 1.54) is 0 Å². The molecule has 0 radical (unpaired) electrons. The standard InChI is InChI=1S/C25H31N7O3/c1-33-21-8-7-18(15-22(21)34-2)23-28-24-26-16-30(10-9-29-11-13-35-14-12-29)17-31(24)25-27-19-5-3-4-6-20(19)32(23)25/h3-8,15,23H,9-14,16-17H2,1-2H3,(H,26,28). The molecule has 184 valence electrons. The Hall–Kier alpha value is -3.34. The van der Waals surface area contributed by atoms with Gasteiger partial charge in [-0.15, -0.1) is 0 Å². The predicted molar refractivity (Wildman–Crippen MR) is 134 cm³/mol. The molecule has 1 N–H and O–H groups in total. The smallest absolute Gasteiger partial charge is 0.216 e. The zero-order valence-corrected chi connectivity index (χ0v) is 20.2. The van der Waals surface area contributed by atoms with Crippen molar-refractivity contribution in [3.8, 4) is 11.5 Å². The van der Waals surface area contributed by atoms with Crippen LogP contribution in [0.2, 0.25) is 0 Å². The van der Waals surface area contributed by atoms with Crippen LogP contribution >= 0.6 is 0 Å². The van der Waals surface area contributed by atoms with Gasteiger partial charge in [0.15, 0.2) is 11.5 Å². The molecule has 35 heavy (non-hydrogen) atoms. The monoisotopic (exact) mass is 477 g/mol. The van der Waals surface area contributed by atoms with Crippen LogP contribution in [-0.2, 0) is 4.74 Å². The van der Waals surface area contributed by atoms with Gasteiger partial charge in [0, 0.05) is 26.2 Å². The number of ether oxygens (including phenoxy) is 3. The summed E-state index contributed by atoms with van der Waals surface area (Å²) in [6.45, 7) is 6.99. The first-order chi connectivity index (χ1) is 17.2. The van der Waals surface area contributed by atoms with Crippen molar-refractivity contribution in [2.24, 2.45) is 4.99 Å². The number of morpholine rings is 1. The molecule has 0 amide bonds. The fourth-order valence-corrected chi connectivity index (χ4v) is 5.01. The van der Waals surface area contributed by atoms with E-state index in [0.29, 0.717) is 18.2 Å². The molecule has 10 nitrogen and oxygen atoms in total. The van der Waals surface area contributed by atoms with Crippen LogP contribution in [0, 0.1) is 0 Å². The first-order valence-electron chi connectivity index (χ1n) is 12.0. The number of anilines is 1. The highest BCUT2D eigenvalue weighted by atomic mass is 16.5. The quantitative estimate of drug-likeness (QED) is 0.577. The van der Waals surface area contributed by atoms with Crippen molar-refractivity contribution in [1.29, 1.82) is 0 Å². The molecule has 3 aromatic rings. The fourth-order valence-electron chi connectivity index (χ4n) is 5.01. The summed E-state index contributed by atoms with van der Waals surface area (Å²) in [7, 11) is 3.31. The number of aliphatic imine (C=N–C) groups is 1. The highest BCUT2D eigenvalue weighted by Crippen LogP contribution is 2.36. The van der Waals surface area contributed by atoms with Gasteiger partial charge in [-0.3, -0.25) is 19.3 Å². The normalized spacial score (nSPS) is 20.7. The van der Waals surface area contributed by atoms with E-state index in [1.54, 1.807) is 14.2 Å². The maximum absolute atomic E-state index is 5.59. The van der Waals surface area contributed by atoms with Crippen LogP contribution in [0.25, 0.3) is 11.0 Å². The minimum Gasteiger partial charge on any atom is -0.493 e. The van der Waals surface area contributed by atoms with Gasteiger partial charge in [-0.1, -0.05) is 18.2 Å². The van der Waals surface area contributed by atoms with E-state index in [1.807, 2.05) is 18.2 Å². The number of nitrogens with one attached hydrogen (secondary N) is 1. The van der Waals surface area contributed by atoms with Gasteiger partial charge >= 0.3 is 0 Å². The Morgan fingerprint density at radius 1 is 1.00 bits per heavy atom. The van der Waals surface area contributed by atoms with E-state index in [-0.39, 0.29) is 6.17 Å². The molecule has 1 aromatic heterocycles. The number of rotatable bonds is 6. The summed E-state index contributed by atoms with van der Waals surface area (Å²) in [5, 5.41) is 3.67. The van der Waals surface area contributed by atoms with Crippen LogP contribution in [-0.4, -0.2) is 92.3 Å². The number of guanidine groups is 1. The Labute approximate surface area is 204 Å². The molecule has 0 bridgehead atoms. The van der Waals surface area contributed by atoms with E-state index >= 15 is 0 Å². The van der Waals surface area contributed by atoms with Gasteiger partial charge < -0.3 is 19.5 Å². The lowest BCUT2D eigenvalue weighted by Gasteiger charge is -2.42. The van der Waals surface area contributed by atoms with E-state index in [4.69, 9.17) is 24.2 Å². The predicted octanol–water partition coefficient (Wildman–Crippen LogP) is 1.93. The summed E-state index contributed by atoms with van der Waals surface area (Å²) in [5.41, 5.74) is 3.07. The van der Waals surface area contributed by atoms with Crippen LogP contribution in [0.1, 0.15) is 11.7 Å². The third kappa shape index (κ3) is 4.07. The van der Waals surface area contributed by atoms with E-state index in [2.05, 4.69) is 48.8 Å². The van der Waals surface area contributed by atoms with Gasteiger partial charge in [-0.05, 0) is 29.8 Å². The highest BCUT2D eigenvalue weighted by Gasteiger charge is 2.36. The van der Waals surface area contributed by atoms with Crippen LogP contribution in [0.3, 0.4) is 0 Å². The van der Waals surface area contributed by atoms with Gasteiger partial charge in [-0.2, -0.15) is 0 Å². The summed E-state index contributed by atoms with van der Waals surface area (Å²) >= 11 is 0. The zero-order chi connectivity index (χ0) is 23.8. The second-order valence-electron chi connectivity index (χ2n) is 8.97. The maximum Gasteiger partial charge on any atom is 0.216 e. The van der Waals surface area contributed by atoms with Crippen molar-refractivity contribution in [1.82, 2.24) is 24.7 Å². The maximum atomic E-state index is 5.59. The Bertz CT molecular complexity index is 1240. The second kappa shape index (κ2) is 9.37. The Kier molecular flexibility index (Phi) is 5.93. The molecule has 10 heteroatoms. The van der Waals surface area contributed by atoms with E-state index < -0.39 is 0 Å². The molecule has 1 fully saturated rings. The number of imidazole rings is 1. The second-order valence-corrected chi connectivity index (χ2v) is 8.97. The van der Waals surface area contributed by atoms with Crippen LogP contribution in [0.4, 0.5) is 5.95 Å². The third-order valence-electron chi connectivity index (χ3n) is 6.92. The number of benzene rings is 2. The average molecular weight is 478 g/mol. The van der Waals surface area contributed by atoms with Gasteiger partial charge in [-0.25, -0.2) is 9.98 Å². The summed E-state index contributed by atoms with van der Waals surface area (Å²) in [6.07, 6.45) is -0.174. The SMILES string of the molecule is COc1ccc(C2NC3=NCN(CCN4CCOCC4)CN3c3nc4ccccc4n32)cc1OC. The molecule has 2 aromatic carbocycles. The van der Waals surface area contributed by atoms with Crippen molar-refractivity contribution in [3.63, 3.8) is 0 Å². The zero-order valence-electron chi connectivity index (χ0n) is 20.2. The Morgan fingerprint density at radius 2 is 1.80 bits per heavy atom. The van der Waals surface area contributed by atoms with Gasteiger partial charge in [0.2, 0.25) is 11.9 Å². The number of para-hydroxylation sites is 2. The molecule has 1 unspecified atom stereocenters. The van der Waals surface area contributed by atoms with Crippen LogP contribution in [0.5, 0.6) is 11.5 Å². The van der Waals surface area contributed by atoms with Gasteiger partial charge in [0.05, 0.1) is 51.8 Å². The lowest BCUT2D eigenvalue weighted by atomic mass is 10.1. The minimum atomic E-state index is -0.174. The van der Waals surface area contributed by atoms with Gasteiger partial charge in [0.25, 0.3) is 0 Å². The summed E-state index contributed by atoms with van der Waals surface area (Å²) < 4.78 is 18.8. The molecule has 0 aliphatic carbocycles. The van der Waals surface area contributed by atoms with Crippen LogP contribution < -0.4 is 19.7 Å². The van der Waals surface area contributed by atoms with Crippen LogP contribution in [0.15, 0.2) is 47.5 Å². The molecule has 3 aliphatic heterocycles. The minimum absolute atomic E-state index is 0.174. The summed E-state index contributed by atoms with van der Waals surface area (Å²) in [4.78, 5) is 17.0. The molecule has 1 saturated heterocycles. The van der Waals surface area contributed by atoms with Crippen molar-refractivity contribution in [2.75, 3.05) is 71.8 Å². The van der Waals surface area contributed by atoms with Crippen molar-refractivity contribution >= 4 is 22.9 Å². The van der Waals surface area contributed by atoms with Crippen molar-refractivity contribution in [2.45, 2.75) is 6.17 Å². The molecule has 4 heterocycles.